The van der Waals surface area contributed by atoms with E-state index in [-0.39, 0.29) is 31.0 Å². The molecule has 0 bridgehead atoms. The quantitative estimate of drug-likeness (QED) is 0.921. The number of hydrogen-bond donors (Lipinski definition) is 1. The molecule has 20 heavy (non-hydrogen) atoms. The molecule has 0 aliphatic carbocycles. The molecular weight excluding hydrogens is 323 g/mol. The number of likely N-dealkylation sites (tertiary alicyclic amines) is 1. The van der Waals surface area contributed by atoms with Gasteiger partial charge in [-0.1, -0.05) is 23.2 Å². The lowest BCUT2D eigenvalue weighted by Crippen LogP contribution is -2.44. The minimum Gasteiger partial charge on any atom is -0.484 e. The number of benzene rings is 1. The van der Waals surface area contributed by atoms with Crippen molar-refractivity contribution in [3.8, 4) is 5.75 Å². The van der Waals surface area contributed by atoms with Gasteiger partial charge in [0.25, 0.3) is 5.91 Å². The van der Waals surface area contributed by atoms with Gasteiger partial charge in [-0.05, 0) is 31.0 Å². The summed E-state index contributed by atoms with van der Waals surface area (Å²) in [4.78, 5) is 13.7. The smallest absolute Gasteiger partial charge is 0.260 e. The maximum absolute atomic E-state index is 11.9. The van der Waals surface area contributed by atoms with Crippen LogP contribution in [-0.2, 0) is 4.79 Å². The number of ether oxygens (including phenoxy) is 1. The maximum atomic E-state index is 11.9. The van der Waals surface area contributed by atoms with E-state index in [1.54, 1.807) is 23.1 Å². The molecule has 1 heterocycles. The first kappa shape index (κ1) is 17.4. The number of amides is 1. The predicted molar refractivity (Wildman–Crippen MR) is 83.0 cm³/mol. The number of rotatable bonds is 3. The van der Waals surface area contributed by atoms with Crippen molar-refractivity contribution in [3.63, 3.8) is 0 Å². The number of nitrogens with two attached hydrogens (primary N) is 1. The summed E-state index contributed by atoms with van der Waals surface area (Å²) < 4.78 is 5.42. The van der Waals surface area contributed by atoms with Gasteiger partial charge >= 0.3 is 0 Å². The average molecular weight is 340 g/mol. The zero-order valence-corrected chi connectivity index (χ0v) is 13.2. The van der Waals surface area contributed by atoms with Gasteiger partial charge in [0.15, 0.2) is 6.61 Å². The highest BCUT2D eigenvalue weighted by Gasteiger charge is 2.20. The summed E-state index contributed by atoms with van der Waals surface area (Å²) >= 11 is 11.7. The SMILES string of the molecule is Cl.NC1CCN(C(=O)COc2cc(Cl)cc(Cl)c2)CC1. The molecule has 0 saturated carbocycles. The Hall–Kier alpha value is -0.680. The number of carbonyl (C=O) groups excluding carboxylic acids is 1. The topological polar surface area (TPSA) is 55.6 Å². The Bertz CT molecular complexity index is 443. The molecule has 1 aromatic carbocycles. The maximum Gasteiger partial charge on any atom is 0.260 e. The molecule has 1 aromatic rings. The number of hydrogen-bond acceptors (Lipinski definition) is 3. The van der Waals surface area contributed by atoms with E-state index in [1.165, 1.54) is 0 Å². The Balaban J connectivity index is 0.00000200. The third-order valence-electron chi connectivity index (χ3n) is 3.09. The third-order valence-corrected chi connectivity index (χ3v) is 3.53. The lowest BCUT2D eigenvalue weighted by molar-refractivity contribution is -0.134. The first-order valence-corrected chi connectivity index (χ1v) is 6.92. The lowest BCUT2D eigenvalue weighted by Gasteiger charge is -2.30. The first-order valence-electron chi connectivity index (χ1n) is 6.17. The standard InChI is InChI=1S/C13H16Cl2N2O2.ClH/c14-9-5-10(15)7-12(6-9)19-8-13(18)17-3-1-11(16)2-4-17;/h5-7,11H,1-4,8,16H2;1H. The van der Waals surface area contributed by atoms with Crippen LogP contribution in [0.2, 0.25) is 10.0 Å². The van der Waals surface area contributed by atoms with Gasteiger partial charge in [-0.15, -0.1) is 12.4 Å². The van der Waals surface area contributed by atoms with Crippen LogP contribution in [-0.4, -0.2) is 36.5 Å². The van der Waals surface area contributed by atoms with Crippen LogP contribution in [0.15, 0.2) is 18.2 Å². The molecule has 2 rings (SSSR count). The molecule has 1 aliphatic rings. The Morgan fingerprint density at radius 2 is 1.80 bits per heavy atom. The summed E-state index contributed by atoms with van der Waals surface area (Å²) in [7, 11) is 0. The van der Waals surface area contributed by atoms with E-state index in [0.29, 0.717) is 28.9 Å². The van der Waals surface area contributed by atoms with Crippen molar-refractivity contribution in [1.82, 2.24) is 4.90 Å². The summed E-state index contributed by atoms with van der Waals surface area (Å²) in [5.74, 6) is 0.461. The molecule has 1 saturated heterocycles. The van der Waals surface area contributed by atoms with E-state index in [2.05, 4.69) is 0 Å². The minimum atomic E-state index is -0.0389. The Kier molecular flexibility index (Phi) is 6.89. The molecule has 7 heteroatoms. The Morgan fingerprint density at radius 3 is 2.35 bits per heavy atom. The zero-order chi connectivity index (χ0) is 13.8. The molecule has 1 aliphatic heterocycles. The lowest BCUT2D eigenvalue weighted by atomic mass is 10.1. The van der Waals surface area contributed by atoms with Crippen molar-refractivity contribution >= 4 is 41.5 Å². The minimum absolute atomic E-state index is 0. The van der Waals surface area contributed by atoms with Gasteiger partial charge < -0.3 is 15.4 Å². The van der Waals surface area contributed by atoms with Crippen molar-refractivity contribution in [2.75, 3.05) is 19.7 Å². The number of halogens is 3. The molecule has 1 fully saturated rings. The van der Waals surface area contributed by atoms with Crippen LogP contribution >= 0.6 is 35.6 Å². The van der Waals surface area contributed by atoms with Crippen LogP contribution in [0.4, 0.5) is 0 Å². The normalized spacial score (nSPS) is 15.7. The summed E-state index contributed by atoms with van der Waals surface area (Å²) in [6.45, 7) is 1.38. The van der Waals surface area contributed by atoms with E-state index in [9.17, 15) is 4.79 Å². The molecule has 1 amide bonds. The highest BCUT2D eigenvalue weighted by molar-refractivity contribution is 6.34. The molecule has 0 spiro atoms. The Labute approximate surface area is 134 Å². The van der Waals surface area contributed by atoms with Gasteiger partial charge in [-0.25, -0.2) is 0 Å². The fourth-order valence-electron chi connectivity index (χ4n) is 2.00. The van der Waals surface area contributed by atoms with Crippen molar-refractivity contribution in [3.05, 3.63) is 28.2 Å². The van der Waals surface area contributed by atoms with Gasteiger partial charge in [0, 0.05) is 29.2 Å². The number of nitrogens with zero attached hydrogens (tertiary/aromatic N) is 1. The molecule has 0 radical (unpaired) electrons. The average Bonchev–Trinajstić information content (AvgIpc) is 2.36. The van der Waals surface area contributed by atoms with E-state index in [1.807, 2.05) is 0 Å². The van der Waals surface area contributed by atoms with Gasteiger partial charge in [-0.2, -0.15) is 0 Å². The number of carbonyl (C=O) groups is 1. The van der Waals surface area contributed by atoms with Crippen LogP contribution in [0.5, 0.6) is 5.75 Å². The van der Waals surface area contributed by atoms with Gasteiger partial charge in [-0.3, -0.25) is 4.79 Å². The van der Waals surface area contributed by atoms with E-state index in [0.717, 1.165) is 12.8 Å². The van der Waals surface area contributed by atoms with Crippen LogP contribution in [0.3, 0.4) is 0 Å². The van der Waals surface area contributed by atoms with Gasteiger partial charge in [0.2, 0.25) is 0 Å². The fraction of sp³-hybridized carbons (Fsp3) is 0.462. The van der Waals surface area contributed by atoms with E-state index in [4.69, 9.17) is 33.7 Å². The van der Waals surface area contributed by atoms with Crippen LogP contribution < -0.4 is 10.5 Å². The first-order chi connectivity index (χ1) is 9.04. The second kappa shape index (κ2) is 7.93. The van der Waals surface area contributed by atoms with Crippen molar-refractivity contribution in [2.24, 2.45) is 5.73 Å². The fourth-order valence-corrected chi connectivity index (χ4v) is 2.50. The second-order valence-corrected chi connectivity index (χ2v) is 5.48. The van der Waals surface area contributed by atoms with Crippen molar-refractivity contribution in [1.29, 1.82) is 0 Å². The predicted octanol–water partition coefficient (Wildman–Crippen LogP) is 2.74. The summed E-state index contributed by atoms with van der Waals surface area (Å²) in [6, 6.07) is 5.08. The third kappa shape index (κ3) is 5.02. The molecule has 0 atom stereocenters. The molecule has 2 N–H and O–H groups in total. The highest BCUT2D eigenvalue weighted by atomic mass is 35.5. The highest BCUT2D eigenvalue weighted by Crippen LogP contribution is 2.24. The van der Waals surface area contributed by atoms with Crippen LogP contribution in [0.1, 0.15) is 12.8 Å². The number of piperidine rings is 1. The molecular formula is C13H17Cl3N2O2. The second-order valence-electron chi connectivity index (χ2n) is 4.61. The van der Waals surface area contributed by atoms with E-state index < -0.39 is 0 Å². The zero-order valence-electron chi connectivity index (χ0n) is 10.9. The van der Waals surface area contributed by atoms with Crippen LogP contribution in [0, 0.1) is 0 Å². The Morgan fingerprint density at radius 1 is 1.25 bits per heavy atom. The van der Waals surface area contributed by atoms with Crippen molar-refractivity contribution < 1.29 is 9.53 Å². The molecule has 0 aromatic heterocycles. The van der Waals surface area contributed by atoms with E-state index >= 15 is 0 Å². The van der Waals surface area contributed by atoms with Crippen LogP contribution in [0.25, 0.3) is 0 Å². The van der Waals surface area contributed by atoms with Gasteiger partial charge in [0.1, 0.15) is 5.75 Å². The summed E-state index contributed by atoms with van der Waals surface area (Å²) in [5.41, 5.74) is 5.80. The monoisotopic (exact) mass is 338 g/mol. The largest absolute Gasteiger partial charge is 0.484 e. The summed E-state index contributed by atoms with van der Waals surface area (Å²) in [5, 5.41) is 0.970. The van der Waals surface area contributed by atoms with Gasteiger partial charge in [0.05, 0.1) is 0 Å². The molecule has 4 nitrogen and oxygen atoms in total. The summed E-state index contributed by atoms with van der Waals surface area (Å²) in [6.07, 6.45) is 1.68. The molecule has 112 valence electrons. The molecule has 0 unspecified atom stereocenters. The van der Waals surface area contributed by atoms with Crippen molar-refractivity contribution in [2.45, 2.75) is 18.9 Å².